The van der Waals surface area contributed by atoms with E-state index in [1.54, 1.807) is 36.8 Å². The van der Waals surface area contributed by atoms with Gasteiger partial charge in [0.05, 0.1) is 23.8 Å². The topological polar surface area (TPSA) is 74.6 Å². The van der Waals surface area contributed by atoms with E-state index in [-0.39, 0.29) is 18.0 Å². The number of likely N-dealkylation sites (tertiary alicyclic amines) is 1. The zero-order valence-corrected chi connectivity index (χ0v) is 16.3. The number of nitrogens with zero attached hydrogens (tertiary/aromatic N) is 1. The first-order valence-electron chi connectivity index (χ1n) is 9.14. The van der Waals surface area contributed by atoms with E-state index in [2.05, 4.69) is 24.5 Å². The lowest BCUT2D eigenvalue weighted by Gasteiger charge is -2.39. The maximum absolute atomic E-state index is 13.2. The second kappa shape index (κ2) is 8.48. The number of furan rings is 1. The Labute approximate surface area is 163 Å². The summed E-state index contributed by atoms with van der Waals surface area (Å²) in [5.74, 6) is -0.109. The largest absolute Gasteiger partial charge is 0.472 e. The number of rotatable bonds is 4. The van der Waals surface area contributed by atoms with Gasteiger partial charge in [-0.3, -0.25) is 4.79 Å². The monoisotopic (exact) mass is 389 g/mol. The molecular formula is C20H24ClN3O3. The molecule has 2 N–H and O–H groups in total. The molecule has 2 atom stereocenters. The van der Waals surface area contributed by atoms with Gasteiger partial charge in [-0.1, -0.05) is 11.6 Å². The molecule has 2 aromatic rings. The Balaban J connectivity index is 1.76. The number of piperidine rings is 1. The normalized spacial score (nSPS) is 19.6. The molecule has 1 aliphatic heterocycles. The third-order valence-corrected chi connectivity index (χ3v) is 5.16. The zero-order valence-electron chi connectivity index (χ0n) is 15.5. The summed E-state index contributed by atoms with van der Waals surface area (Å²) in [6.45, 7) is 4.45. The number of nitrogens with one attached hydrogen (secondary N) is 2. The van der Waals surface area contributed by atoms with Crippen molar-refractivity contribution in [3.05, 3.63) is 52.9 Å². The van der Waals surface area contributed by atoms with E-state index in [1.807, 2.05) is 4.90 Å². The smallest absolute Gasteiger partial charge is 0.319 e. The van der Waals surface area contributed by atoms with Crippen molar-refractivity contribution in [1.82, 2.24) is 10.2 Å². The highest BCUT2D eigenvalue weighted by Gasteiger charge is 2.31. The summed E-state index contributed by atoms with van der Waals surface area (Å²) >= 11 is 6.13. The summed E-state index contributed by atoms with van der Waals surface area (Å²) in [5.41, 5.74) is 1.70. The maximum Gasteiger partial charge on any atom is 0.319 e. The number of urea groups is 1. The molecule has 27 heavy (non-hydrogen) atoms. The van der Waals surface area contributed by atoms with Crippen LogP contribution in [-0.4, -0.2) is 28.9 Å². The van der Waals surface area contributed by atoms with E-state index < -0.39 is 6.03 Å². The third kappa shape index (κ3) is 4.63. The van der Waals surface area contributed by atoms with Gasteiger partial charge in [-0.25, -0.2) is 4.79 Å². The number of anilines is 1. The van der Waals surface area contributed by atoms with E-state index in [1.165, 1.54) is 0 Å². The standard InChI is InChI=1S/C20H24ClN3O3/c1-13-4-3-5-14(2)24(13)19(25)17-10-16(21)6-7-18(17)23-20(26)22-11-15-8-9-27-12-15/h6-10,12-14H,3-5,11H2,1-2H3,(H2,22,23,26)/t13-,14+. The van der Waals surface area contributed by atoms with Crippen molar-refractivity contribution >= 4 is 29.2 Å². The van der Waals surface area contributed by atoms with Crippen molar-refractivity contribution in [2.45, 2.75) is 51.7 Å². The fourth-order valence-electron chi connectivity index (χ4n) is 3.51. The summed E-state index contributed by atoms with van der Waals surface area (Å²) in [6, 6.07) is 6.62. The van der Waals surface area contributed by atoms with E-state index in [4.69, 9.17) is 16.0 Å². The van der Waals surface area contributed by atoms with Gasteiger partial charge in [0.15, 0.2) is 0 Å². The molecule has 3 amide bonds. The first-order valence-corrected chi connectivity index (χ1v) is 9.51. The van der Waals surface area contributed by atoms with Crippen LogP contribution in [0.3, 0.4) is 0 Å². The predicted octanol–water partition coefficient (Wildman–Crippen LogP) is 4.66. The Morgan fingerprint density at radius 2 is 1.96 bits per heavy atom. The molecule has 144 valence electrons. The number of carbonyl (C=O) groups excluding carboxylic acids is 2. The van der Waals surface area contributed by atoms with Crippen LogP contribution in [0.4, 0.5) is 10.5 Å². The van der Waals surface area contributed by atoms with Gasteiger partial charge in [0.25, 0.3) is 5.91 Å². The first-order chi connectivity index (χ1) is 13.0. The molecule has 6 nitrogen and oxygen atoms in total. The third-order valence-electron chi connectivity index (χ3n) is 4.92. The minimum Gasteiger partial charge on any atom is -0.472 e. The lowest BCUT2D eigenvalue weighted by molar-refractivity contribution is 0.0512. The van der Waals surface area contributed by atoms with Crippen molar-refractivity contribution in [2.75, 3.05) is 5.32 Å². The van der Waals surface area contributed by atoms with Crippen molar-refractivity contribution in [3.63, 3.8) is 0 Å². The molecular weight excluding hydrogens is 366 g/mol. The van der Waals surface area contributed by atoms with Gasteiger partial charge < -0.3 is 20.0 Å². The summed E-state index contributed by atoms with van der Waals surface area (Å²) < 4.78 is 4.98. The summed E-state index contributed by atoms with van der Waals surface area (Å²) in [7, 11) is 0. The van der Waals surface area contributed by atoms with E-state index in [0.29, 0.717) is 22.8 Å². The van der Waals surface area contributed by atoms with Gasteiger partial charge in [0.1, 0.15) is 0 Å². The van der Waals surface area contributed by atoms with Crippen molar-refractivity contribution in [3.8, 4) is 0 Å². The summed E-state index contributed by atoms with van der Waals surface area (Å²) in [4.78, 5) is 27.4. The Morgan fingerprint density at radius 3 is 2.63 bits per heavy atom. The number of amides is 3. The molecule has 0 aliphatic carbocycles. The Hall–Kier alpha value is -2.47. The van der Waals surface area contributed by atoms with Crippen LogP contribution in [0.15, 0.2) is 41.2 Å². The van der Waals surface area contributed by atoms with Crippen LogP contribution in [0.25, 0.3) is 0 Å². The van der Waals surface area contributed by atoms with Crippen LogP contribution in [-0.2, 0) is 6.54 Å². The molecule has 1 aliphatic rings. The van der Waals surface area contributed by atoms with E-state index in [9.17, 15) is 9.59 Å². The maximum atomic E-state index is 13.2. The second-order valence-corrected chi connectivity index (χ2v) is 7.41. The predicted molar refractivity (Wildman–Crippen MR) is 105 cm³/mol. The quantitative estimate of drug-likeness (QED) is 0.798. The first kappa shape index (κ1) is 19.3. The lowest BCUT2D eigenvalue weighted by Crippen LogP contribution is -2.47. The molecule has 0 spiro atoms. The molecule has 7 heteroatoms. The Morgan fingerprint density at radius 1 is 1.22 bits per heavy atom. The Kier molecular flexibility index (Phi) is 6.06. The molecule has 0 bridgehead atoms. The van der Waals surface area contributed by atoms with Crippen LogP contribution in [0.5, 0.6) is 0 Å². The van der Waals surface area contributed by atoms with Crippen LogP contribution < -0.4 is 10.6 Å². The van der Waals surface area contributed by atoms with Gasteiger partial charge in [0, 0.05) is 29.2 Å². The Bertz CT molecular complexity index is 797. The van der Waals surface area contributed by atoms with Crippen LogP contribution >= 0.6 is 11.6 Å². The summed E-state index contributed by atoms with van der Waals surface area (Å²) in [6.07, 6.45) is 6.18. The van der Waals surface area contributed by atoms with Gasteiger partial charge >= 0.3 is 6.03 Å². The lowest BCUT2D eigenvalue weighted by atomic mass is 9.96. The highest BCUT2D eigenvalue weighted by molar-refractivity contribution is 6.31. The van der Waals surface area contributed by atoms with Gasteiger partial charge in [-0.05, 0) is 57.4 Å². The van der Waals surface area contributed by atoms with Crippen molar-refractivity contribution in [1.29, 1.82) is 0 Å². The average Bonchev–Trinajstić information content (AvgIpc) is 3.15. The molecule has 1 aromatic heterocycles. The van der Waals surface area contributed by atoms with Crippen LogP contribution in [0, 0.1) is 0 Å². The molecule has 2 heterocycles. The molecule has 1 fully saturated rings. The molecule has 0 saturated carbocycles. The van der Waals surface area contributed by atoms with Crippen LogP contribution in [0.1, 0.15) is 49.0 Å². The minimum atomic E-state index is -0.396. The molecule has 1 saturated heterocycles. The highest BCUT2D eigenvalue weighted by Crippen LogP contribution is 2.28. The fourth-order valence-corrected chi connectivity index (χ4v) is 3.68. The average molecular weight is 390 g/mol. The number of hydrogen-bond acceptors (Lipinski definition) is 3. The zero-order chi connectivity index (χ0) is 19.4. The fraction of sp³-hybridized carbons (Fsp3) is 0.400. The highest BCUT2D eigenvalue weighted by atomic mass is 35.5. The summed E-state index contributed by atoms with van der Waals surface area (Å²) in [5, 5.41) is 5.96. The minimum absolute atomic E-state index is 0.109. The molecule has 3 rings (SSSR count). The SMILES string of the molecule is C[C@@H]1CCC[C@H](C)N1C(=O)c1cc(Cl)ccc1NC(=O)NCc1ccoc1. The number of carbonyl (C=O) groups is 2. The van der Waals surface area contributed by atoms with Gasteiger partial charge in [-0.2, -0.15) is 0 Å². The van der Waals surface area contributed by atoms with E-state index >= 15 is 0 Å². The second-order valence-electron chi connectivity index (χ2n) is 6.97. The molecule has 0 unspecified atom stereocenters. The van der Waals surface area contributed by atoms with Crippen molar-refractivity contribution in [2.24, 2.45) is 0 Å². The van der Waals surface area contributed by atoms with Crippen LogP contribution in [0.2, 0.25) is 5.02 Å². The number of halogens is 1. The van der Waals surface area contributed by atoms with Gasteiger partial charge in [-0.15, -0.1) is 0 Å². The van der Waals surface area contributed by atoms with Gasteiger partial charge in [0.2, 0.25) is 0 Å². The molecule has 1 aromatic carbocycles. The van der Waals surface area contributed by atoms with Crippen molar-refractivity contribution < 1.29 is 14.0 Å². The number of benzene rings is 1. The van der Waals surface area contributed by atoms with E-state index in [0.717, 1.165) is 24.8 Å². The number of hydrogen-bond donors (Lipinski definition) is 2. The molecule has 0 radical (unpaired) electrons.